The summed E-state index contributed by atoms with van der Waals surface area (Å²) in [6.07, 6.45) is 5.06. The Hall–Kier alpha value is -1.30. The second-order valence-corrected chi connectivity index (χ2v) is 3.00. The van der Waals surface area contributed by atoms with Crippen LogP contribution in [-0.2, 0) is 6.42 Å². The number of hydrogen-bond acceptors (Lipinski definition) is 0. The van der Waals surface area contributed by atoms with E-state index >= 15 is 0 Å². The first-order valence-corrected chi connectivity index (χ1v) is 5.69. The Morgan fingerprint density at radius 3 is 2.07 bits per heavy atom. The average molecular weight is 202 g/mol. The maximum absolute atomic E-state index is 3.78. The van der Waals surface area contributed by atoms with Crippen LogP contribution in [0.5, 0.6) is 0 Å². The molecule has 0 saturated carbocycles. The van der Waals surface area contributed by atoms with Crippen molar-refractivity contribution in [3.8, 4) is 0 Å². The molecular formula is C15H22. The van der Waals surface area contributed by atoms with Crippen LogP contribution in [-0.4, -0.2) is 0 Å². The Kier molecular flexibility index (Phi) is 7.35. The van der Waals surface area contributed by atoms with Gasteiger partial charge in [0.15, 0.2) is 0 Å². The fraction of sp³-hybridized carbons (Fsp3) is 0.333. The predicted octanol–water partition coefficient (Wildman–Crippen LogP) is 4.86. The first kappa shape index (κ1) is 13.7. The lowest BCUT2D eigenvalue weighted by molar-refractivity contribution is 1.14. The minimum absolute atomic E-state index is 1.10. The average Bonchev–Trinajstić information content (AvgIpc) is 2.34. The Labute approximate surface area is 94.3 Å². The van der Waals surface area contributed by atoms with Crippen molar-refractivity contribution in [2.75, 3.05) is 0 Å². The molecule has 1 rings (SSSR count). The normalized spacial score (nSPS) is 10.3. The molecule has 0 N–H and O–H groups in total. The Balaban J connectivity index is 0.000000921. The monoisotopic (exact) mass is 202 g/mol. The standard InChI is InChI=1S/C13H16.C2H6/c1-4-11-7-9-13(10-8-11)12(5-2)6-3;1-2/h5-10H,2,4H2,1,3H3;1-2H3/b12-6+;. The molecule has 15 heavy (non-hydrogen) atoms. The highest BCUT2D eigenvalue weighted by Gasteiger charge is 1.95. The van der Waals surface area contributed by atoms with Crippen LogP contribution in [0.1, 0.15) is 38.8 Å². The van der Waals surface area contributed by atoms with E-state index in [2.05, 4.69) is 43.8 Å². The summed E-state index contributed by atoms with van der Waals surface area (Å²) in [6, 6.07) is 8.64. The van der Waals surface area contributed by atoms with E-state index < -0.39 is 0 Å². The highest BCUT2D eigenvalue weighted by molar-refractivity contribution is 5.73. The number of aryl methyl sites for hydroxylation is 1. The maximum Gasteiger partial charge on any atom is -0.0187 e. The van der Waals surface area contributed by atoms with Gasteiger partial charge < -0.3 is 0 Å². The molecule has 0 aliphatic rings. The van der Waals surface area contributed by atoms with Gasteiger partial charge in [0.2, 0.25) is 0 Å². The number of rotatable bonds is 3. The topological polar surface area (TPSA) is 0 Å². The van der Waals surface area contributed by atoms with Gasteiger partial charge in [-0.3, -0.25) is 0 Å². The van der Waals surface area contributed by atoms with Gasteiger partial charge in [-0.1, -0.05) is 63.8 Å². The van der Waals surface area contributed by atoms with Gasteiger partial charge in [0, 0.05) is 0 Å². The van der Waals surface area contributed by atoms with Crippen LogP contribution < -0.4 is 0 Å². The van der Waals surface area contributed by atoms with Crippen molar-refractivity contribution in [3.05, 3.63) is 54.1 Å². The molecule has 0 aromatic heterocycles. The van der Waals surface area contributed by atoms with Crippen LogP contribution in [0.3, 0.4) is 0 Å². The SMILES string of the molecule is C=C/C(=C\C)c1ccc(CC)cc1.CC. The molecule has 82 valence electrons. The summed E-state index contributed by atoms with van der Waals surface area (Å²) < 4.78 is 0. The van der Waals surface area contributed by atoms with Gasteiger partial charge >= 0.3 is 0 Å². The van der Waals surface area contributed by atoms with Crippen LogP contribution in [0.2, 0.25) is 0 Å². The van der Waals surface area contributed by atoms with Gasteiger partial charge in [0.25, 0.3) is 0 Å². The van der Waals surface area contributed by atoms with Crippen molar-refractivity contribution in [1.29, 1.82) is 0 Å². The first-order valence-electron chi connectivity index (χ1n) is 5.69. The number of hydrogen-bond donors (Lipinski definition) is 0. The summed E-state index contributed by atoms with van der Waals surface area (Å²) in [5.74, 6) is 0. The molecule has 0 nitrogen and oxygen atoms in total. The van der Waals surface area contributed by atoms with Gasteiger partial charge in [-0.05, 0) is 30.0 Å². The Morgan fingerprint density at radius 1 is 1.20 bits per heavy atom. The third-order valence-corrected chi connectivity index (χ3v) is 2.23. The second-order valence-electron chi connectivity index (χ2n) is 3.00. The second kappa shape index (κ2) is 8.05. The van der Waals surface area contributed by atoms with Gasteiger partial charge in [0.05, 0.1) is 0 Å². The van der Waals surface area contributed by atoms with E-state index in [4.69, 9.17) is 0 Å². The van der Waals surface area contributed by atoms with Crippen LogP contribution in [0.15, 0.2) is 43.0 Å². The highest BCUT2D eigenvalue weighted by Crippen LogP contribution is 2.15. The molecule has 0 atom stereocenters. The van der Waals surface area contributed by atoms with Crippen LogP contribution in [0.25, 0.3) is 5.57 Å². The fourth-order valence-corrected chi connectivity index (χ4v) is 1.34. The molecule has 0 heterocycles. The number of allylic oxidation sites excluding steroid dienone is 3. The molecule has 0 heteroatoms. The molecule has 0 unspecified atom stereocenters. The molecule has 0 radical (unpaired) electrons. The summed E-state index contributed by atoms with van der Waals surface area (Å²) in [5.41, 5.74) is 3.82. The molecule has 0 bridgehead atoms. The zero-order valence-corrected chi connectivity index (χ0v) is 10.4. The lowest BCUT2D eigenvalue weighted by Gasteiger charge is -2.02. The minimum atomic E-state index is 1.10. The van der Waals surface area contributed by atoms with E-state index in [9.17, 15) is 0 Å². The van der Waals surface area contributed by atoms with Gasteiger partial charge in [-0.15, -0.1) is 0 Å². The van der Waals surface area contributed by atoms with E-state index in [0.29, 0.717) is 0 Å². The van der Waals surface area contributed by atoms with Crippen molar-refractivity contribution in [1.82, 2.24) is 0 Å². The van der Waals surface area contributed by atoms with Crippen molar-refractivity contribution in [3.63, 3.8) is 0 Å². The first-order chi connectivity index (χ1) is 7.31. The molecular weight excluding hydrogens is 180 g/mol. The lowest BCUT2D eigenvalue weighted by atomic mass is 10.0. The molecule has 1 aromatic rings. The molecule has 0 fully saturated rings. The van der Waals surface area contributed by atoms with Crippen LogP contribution in [0, 0.1) is 0 Å². The van der Waals surface area contributed by atoms with Gasteiger partial charge in [0.1, 0.15) is 0 Å². The van der Waals surface area contributed by atoms with E-state index in [1.165, 1.54) is 16.7 Å². The predicted molar refractivity (Wildman–Crippen MR) is 71.0 cm³/mol. The quantitative estimate of drug-likeness (QED) is 0.614. The molecule has 0 spiro atoms. The third kappa shape index (κ3) is 4.16. The fourth-order valence-electron chi connectivity index (χ4n) is 1.34. The Bertz CT molecular complexity index is 301. The molecule has 0 aliphatic heterocycles. The van der Waals surface area contributed by atoms with Gasteiger partial charge in [-0.25, -0.2) is 0 Å². The van der Waals surface area contributed by atoms with E-state index in [-0.39, 0.29) is 0 Å². The maximum atomic E-state index is 3.78. The smallest absolute Gasteiger partial charge is 0.0187 e. The molecule has 1 aromatic carbocycles. The minimum Gasteiger partial charge on any atom is -0.0985 e. The van der Waals surface area contributed by atoms with Crippen molar-refractivity contribution in [2.24, 2.45) is 0 Å². The highest BCUT2D eigenvalue weighted by atomic mass is 14.0. The van der Waals surface area contributed by atoms with Gasteiger partial charge in [-0.2, -0.15) is 0 Å². The summed E-state index contributed by atoms with van der Waals surface area (Å²) in [7, 11) is 0. The van der Waals surface area contributed by atoms with Crippen molar-refractivity contribution >= 4 is 5.57 Å². The van der Waals surface area contributed by atoms with E-state index in [1.807, 2.05) is 26.8 Å². The van der Waals surface area contributed by atoms with Crippen molar-refractivity contribution in [2.45, 2.75) is 34.1 Å². The summed E-state index contributed by atoms with van der Waals surface area (Å²) in [5, 5.41) is 0. The molecule has 0 aliphatic carbocycles. The summed E-state index contributed by atoms with van der Waals surface area (Å²) in [4.78, 5) is 0. The number of benzene rings is 1. The summed E-state index contributed by atoms with van der Waals surface area (Å²) in [6.45, 7) is 12.0. The molecule has 0 amide bonds. The van der Waals surface area contributed by atoms with Crippen LogP contribution >= 0.6 is 0 Å². The van der Waals surface area contributed by atoms with Crippen LogP contribution in [0.4, 0.5) is 0 Å². The zero-order chi connectivity index (χ0) is 11.7. The van der Waals surface area contributed by atoms with E-state index in [0.717, 1.165) is 6.42 Å². The van der Waals surface area contributed by atoms with E-state index in [1.54, 1.807) is 0 Å². The largest absolute Gasteiger partial charge is 0.0985 e. The Morgan fingerprint density at radius 2 is 1.73 bits per heavy atom. The lowest BCUT2D eigenvalue weighted by Crippen LogP contribution is -1.83. The third-order valence-electron chi connectivity index (χ3n) is 2.23. The van der Waals surface area contributed by atoms with Crippen molar-refractivity contribution < 1.29 is 0 Å². The zero-order valence-electron chi connectivity index (χ0n) is 10.4. The molecule has 0 saturated heterocycles. The summed E-state index contributed by atoms with van der Waals surface area (Å²) >= 11 is 0.